The van der Waals surface area contributed by atoms with Gasteiger partial charge < -0.3 is 14.4 Å². The van der Waals surface area contributed by atoms with Crippen molar-refractivity contribution in [2.24, 2.45) is 4.99 Å². The monoisotopic (exact) mass is 628 g/mol. The van der Waals surface area contributed by atoms with Gasteiger partial charge in [-0.05, 0) is 94.4 Å². The van der Waals surface area contributed by atoms with E-state index in [1.165, 1.54) is 27.9 Å². The lowest BCUT2D eigenvalue weighted by atomic mass is 9.76. The van der Waals surface area contributed by atoms with Gasteiger partial charge in [-0.3, -0.25) is 4.99 Å². The van der Waals surface area contributed by atoms with E-state index in [1.54, 1.807) is 7.11 Å². The summed E-state index contributed by atoms with van der Waals surface area (Å²) in [5, 5.41) is 0. The van der Waals surface area contributed by atoms with E-state index in [1.807, 2.05) is 19.2 Å². The summed E-state index contributed by atoms with van der Waals surface area (Å²) in [5.41, 5.74) is 8.98. The van der Waals surface area contributed by atoms with Crippen molar-refractivity contribution in [1.82, 2.24) is 0 Å². The van der Waals surface area contributed by atoms with E-state index in [9.17, 15) is 0 Å². The van der Waals surface area contributed by atoms with Crippen LogP contribution in [0, 0.1) is 3.57 Å². The minimum Gasteiger partial charge on any atom is -0.492 e. The van der Waals surface area contributed by atoms with E-state index in [0.717, 1.165) is 52.3 Å². The smallest absolute Gasteiger partial charge is 0.174 e. The van der Waals surface area contributed by atoms with Crippen LogP contribution in [-0.2, 0) is 0 Å². The molecule has 0 N–H and O–H groups in total. The highest BCUT2D eigenvalue weighted by atomic mass is 127. The van der Waals surface area contributed by atoms with E-state index in [4.69, 9.17) is 14.5 Å². The first-order chi connectivity index (χ1) is 19.2. The van der Waals surface area contributed by atoms with E-state index >= 15 is 0 Å². The van der Waals surface area contributed by atoms with Crippen LogP contribution >= 0.6 is 22.6 Å². The fraction of sp³-hybridized carbons (Fsp3) is 0.265. The molecule has 2 atom stereocenters. The number of anilines is 1. The minimum atomic E-state index is 0.368. The molecule has 2 aliphatic heterocycles. The average Bonchev–Trinajstić information content (AvgIpc) is 2.97. The molecule has 0 amide bonds. The first-order valence-corrected chi connectivity index (χ1v) is 14.8. The summed E-state index contributed by atoms with van der Waals surface area (Å²) in [6.07, 6.45) is 4.19. The maximum atomic E-state index is 5.86. The highest BCUT2D eigenvalue weighted by Gasteiger charge is 2.35. The van der Waals surface area contributed by atoms with Crippen molar-refractivity contribution in [3.8, 4) is 11.5 Å². The number of nitrogens with zero attached hydrogens (tertiary/aromatic N) is 2. The van der Waals surface area contributed by atoms with Crippen LogP contribution in [0.5, 0.6) is 11.5 Å². The number of ether oxygens (including phenoxy) is 2. The number of hydrogen-bond acceptors (Lipinski definition) is 4. The number of aliphatic imine (C=N–C) groups is 1. The van der Waals surface area contributed by atoms with Crippen LogP contribution in [0.2, 0.25) is 0 Å². The van der Waals surface area contributed by atoms with Gasteiger partial charge in [0.1, 0.15) is 0 Å². The first kappa shape index (κ1) is 25.9. The Kier molecular flexibility index (Phi) is 7.60. The van der Waals surface area contributed by atoms with Crippen molar-refractivity contribution in [1.29, 1.82) is 0 Å². The number of methoxy groups -OCH3 is 1. The standard InChI is InChI=1S/C34H33IN2O2/c1-3-39-32-19-23(18-31(35)34(32)38-2)22-36-26-20-29-27(24-10-6-4-7-11-24)14-16-37-17-15-28(30(21-26)33(29)37)25-12-8-5-9-13-25/h4-13,18-22,27-28H,3,14-17H2,1-2H3/t27-,28-/m0/s1. The van der Waals surface area contributed by atoms with Crippen molar-refractivity contribution in [3.63, 3.8) is 0 Å². The van der Waals surface area contributed by atoms with Crippen molar-refractivity contribution in [3.05, 3.63) is 116 Å². The van der Waals surface area contributed by atoms with Gasteiger partial charge >= 0.3 is 0 Å². The Morgan fingerprint density at radius 1 is 0.872 bits per heavy atom. The second-order valence-corrected chi connectivity index (χ2v) is 11.4. The summed E-state index contributed by atoms with van der Waals surface area (Å²) >= 11 is 2.30. The van der Waals surface area contributed by atoms with Gasteiger partial charge in [0.2, 0.25) is 0 Å². The highest BCUT2D eigenvalue weighted by molar-refractivity contribution is 14.1. The van der Waals surface area contributed by atoms with Gasteiger partial charge in [0.05, 0.1) is 23.0 Å². The summed E-state index contributed by atoms with van der Waals surface area (Å²) in [6, 6.07) is 30.7. The van der Waals surface area contributed by atoms with Gasteiger partial charge in [-0.25, -0.2) is 0 Å². The molecule has 0 fully saturated rings. The van der Waals surface area contributed by atoms with Crippen molar-refractivity contribution in [2.75, 3.05) is 31.7 Å². The molecule has 0 aliphatic carbocycles. The van der Waals surface area contributed by atoms with Gasteiger partial charge in [0.25, 0.3) is 0 Å². The lowest BCUT2D eigenvalue weighted by Gasteiger charge is -2.43. The molecule has 6 rings (SSSR count). The largest absolute Gasteiger partial charge is 0.492 e. The molecule has 0 unspecified atom stereocenters. The van der Waals surface area contributed by atoms with E-state index in [2.05, 4.69) is 106 Å². The van der Waals surface area contributed by atoms with Gasteiger partial charge in [-0.15, -0.1) is 0 Å². The van der Waals surface area contributed by atoms with Crippen molar-refractivity contribution >= 4 is 40.2 Å². The molecule has 0 aromatic heterocycles. The third kappa shape index (κ3) is 5.17. The molecule has 4 nitrogen and oxygen atoms in total. The second kappa shape index (κ2) is 11.4. The maximum Gasteiger partial charge on any atom is 0.174 e. The maximum absolute atomic E-state index is 5.86. The van der Waals surface area contributed by atoms with Crippen LogP contribution in [0.25, 0.3) is 0 Å². The third-order valence-electron chi connectivity index (χ3n) is 7.90. The van der Waals surface area contributed by atoms with Gasteiger partial charge in [0, 0.05) is 36.8 Å². The van der Waals surface area contributed by atoms with E-state index in [0.29, 0.717) is 18.4 Å². The summed E-state index contributed by atoms with van der Waals surface area (Å²) in [5.74, 6) is 2.25. The molecule has 2 heterocycles. The van der Waals surface area contributed by atoms with Gasteiger partial charge in [0.15, 0.2) is 11.5 Å². The number of halogens is 1. The molecular formula is C34H33IN2O2. The molecule has 4 aromatic carbocycles. The summed E-state index contributed by atoms with van der Waals surface area (Å²) in [4.78, 5) is 7.66. The second-order valence-electron chi connectivity index (χ2n) is 10.2. The Bertz CT molecular complexity index is 1410. The normalized spacial score (nSPS) is 18.2. The van der Waals surface area contributed by atoms with Crippen LogP contribution < -0.4 is 14.4 Å². The Morgan fingerprint density at radius 2 is 1.46 bits per heavy atom. The van der Waals surface area contributed by atoms with Crippen molar-refractivity contribution in [2.45, 2.75) is 31.6 Å². The number of hydrogen-bond donors (Lipinski definition) is 0. The molecule has 2 aliphatic rings. The zero-order valence-electron chi connectivity index (χ0n) is 22.4. The molecule has 0 saturated carbocycles. The van der Waals surface area contributed by atoms with E-state index in [-0.39, 0.29) is 0 Å². The summed E-state index contributed by atoms with van der Waals surface area (Å²) < 4.78 is 12.4. The highest BCUT2D eigenvalue weighted by Crippen LogP contribution is 2.50. The predicted molar refractivity (Wildman–Crippen MR) is 169 cm³/mol. The topological polar surface area (TPSA) is 34.1 Å². The molecule has 5 heteroatoms. The molecule has 39 heavy (non-hydrogen) atoms. The number of rotatable bonds is 7. The van der Waals surface area contributed by atoms with E-state index < -0.39 is 0 Å². The summed E-state index contributed by atoms with van der Waals surface area (Å²) in [7, 11) is 1.68. The first-order valence-electron chi connectivity index (χ1n) is 13.7. The van der Waals surface area contributed by atoms with Gasteiger partial charge in [-0.1, -0.05) is 60.7 Å². The predicted octanol–water partition coefficient (Wildman–Crippen LogP) is 8.33. The fourth-order valence-electron chi connectivity index (χ4n) is 6.19. The molecule has 4 aromatic rings. The molecule has 198 valence electrons. The molecule has 0 bridgehead atoms. The molecule has 0 saturated heterocycles. The zero-order valence-corrected chi connectivity index (χ0v) is 24.6. The van der Waals surface area contributed by atoms with Crippen LogP contribution in [0.15, 0.2) is 89.9 Å². The molecule has 0 spiro atoms. The lowest BCUT2D eigenvalue weighted by molar-refractivity contribution is 0.309. The Morgan fingerprint density at radius 3 is 2.00 bits per heavy atom. The Hall–Kier alpha value is -3.32. The molecule has 0 radical (unpaired) electrons. The van der Waals surface area contributed by atoms with Crippen LogP contribution in [0.3, 0.4) is 0 Å². The Balaban J connectivity index is 1.47. The third-order valence-corrected chi connectivity index (χ3v) is 8.70. The fourth-order valence-corrected chi connectivity index (χ4v) is 7.03. The van der Waals surface area contributed by atoms with Crippen LogP contribution in [0.4, 0.5) is 11.4 Å². The summed E-state index contributed by atoms with van der Waals surface area (Å²) in [6.45, 7) is 4.75. The quantitative estimate of drug-likeness (QED) is 0.153. The van der Waals surface area contributed by atoms with Crippen LogP contribution in [-0.4, -0.2) is 33.0 Å². The zero-order chi connectivity index (χ0) is 26.8. The van der Waals surface area contributed by atoms with Crippen LogP contribution in [0.1, 0.15) is 59.4 Å². The van der Waals surface area contributed by atoms with Gasteiger partial charge in [-0.2, -0.15) is 0 Å². The lowest BCUT2D eigenvalue weighted by Crippen LogP contribution is -2.37. The number of benzene rings is 4. The minimum absolute atomic E-state index is 0.368. The van der Waals surface area contributed by atoms with Crippen molar-refractivity contribution < 1.29 is 9.47 Å². The average molecular weight is 629 g/mol. The Labute approximate surface area is 244 Å². The molecular weight excluding hydrogens is 595 g/mol. The SMILES string of the molecule is CCOc1cc(C=Nc2cc3c4c(c2)[C@H](c2ccccc2)CCN4CC[C@H]3c2ccccc2)cc(I)c1OC.